The van der Waals surface area contributed by atoms with Crippen LogP contribution in [-0.2, 0) is 13.0 Å². The maximum absolute atomic E-state index is 13.2. The van der Waals surface area contributed by atoms with E-state index in [2.05, 4.69) is 25.4 Å². The first kappa shape index (κ1) is 22.9. The molecule has 1 saturated heterocycles. The molecular weight excluding hydrogens is 444 g/mol. The van der Waals surface area contributed by atoms with Gasteiger partial charge >= 0.3 is 0 Å². The topological polar surface area (TPSA) is 91.9 Å². The number of aromatic nitrogens is 2. The zero-order chi connectivity index (χ0) is 24.2. The van der Waals surface area contributed by atoms with Crippen molar-refractivity contribution >= 4 is 23.1 Å². The molecule has 0 aliphatic carbocycles. The average Bonchev–Trinajstić information content (AvgIpc) is 2.92. The highest BCUT2D eigenvalue weighted by molar-refractivity contribution is 6.04. The summed E-state index contributed by atoms with van der Waals surface area (Å²) in [6, 6.07) is 11.6. The zero-order valence-electron chi connectivity index (χ0n) is 20.1. The number of nitrogens with one attached hydrogen (secondary N) is 2. The normalized spacial score (nSPS) is 15.4. The van der Waals surface area contributed by atoms with Gasteiger partial charge in [-0.15, -0.1) is 0 Å². The Kier molecular flexibility index (Phi) is 6.67. The van der Waals surface area contributed by atoms with Crippen LogP contribution < -0.4 is 29.9 Å². The van der Waals surface area contributed by atoms with Crippen LogP contribution in [0.1, 0.15) is 21.6 Å². The first-order chi connectivity index (χ1) is 17.2. The van der Waals surface area contributed by atoms with Gasteiger partial charge in [-0.3, -0.25) is 9.78 Å². The molecule has 1 aromatic carbocycles. The monoisotopic (exact) mass is 474 g/mol. The van der Waals surface area contributed by atoms with E-state index in [9.17, 15) is 4.79 Å². The van der Waals surface area contributed by atoms with Gasteiger partial charge < -0.3 is 29.9 Å². The molecule has 0 saturated carbocycles. The van der Waals surface area contributed by atoms with Crippen LogP contribution in [-0.4, -0.2) is 62.8 Å². The fourth-order valence-corrected chi connectivity index (χ4v) is 4.66. The molecule has 0 unspecified atom stereocenters. The number of carbonyl (C=O) groups is 1. The van der Waals surface area contributed by atoms with Crippen LogP contribution in [0, 0.1) is 0 Å². The van der Waals surface area contributed by atoms with Crippen molar-refractivity contribution in [1.29, 1.82) is 0 Å². The zero-order valence-corrected chi connectivity index (χ0v) is 20.1. The second-order valence-corrected chi connectivity index (χ2v) is 8.61. The van der Waals surface area contributed by atoms with Crippen molar-refractivity contribution in [3.63, 3.8) is 0 Å². The van der Waals surface area contributed by atoms with Crippen molar-refractivity contribution in [2.45, 2.75) is 13.0 Å². The van der Waals surface area contributed by atoms with Gasteiger partial charge in [0.05, 0.1) is 31.8 Å². The second-order valence-electron chi connectivity index (χ2n) is 8.61. The van der Waals surface area contributed by atoms with Crippen LogP contribution in [0.4, 0.5) is 17.2 Å². The molecule has 2 N–H and O–H groups in total. The number of fused-ring (bicyclic) bond motifs is 1. The Balaban J connectivity index is 1.33. The first-order valence-electron chi connectivity index (χ1n) is 11.8. The summed E-state index contributed by atoms with van der Waals surface area (Å²) in [7, 11) is 3.29. The molecule has 35 heavy (non-hydrogen) atoms. The van der Waals surface area contributed by atoms with Gasteiger partial charge in [0.2, 0.25) is 0 Å². The molecule has 2 aliphatic heterocycles. The lowest BCUT2D eigenvalue weighted by Gasteiger charge is -2.31. The minimum Gasteiger partial charge on any atom is -0.493 e. The van der Waals surface area contributed by atoms with E-state index >= 15 is 0 Å². The highest BCUT2D eigenvalue weighted by Crippen LogP contribution is 2.34. The minimum atomic E-state index is -0.250. The maximum Gasteiger partial charge on any atom is 0.274 e. The van der Waals surface area contributed by atoms with E-state index in [-0.39, 0.29) is 5.91 Å². The molecule has 3 aromatic rings. The van der Waals surface area contributed by atoms with Crippen molar-refractivity contribution in [2.24, 2.45) is 0 Å². The SMILES string of the molecule is COc1cc2c(cc1OC)CN(c1cccc(C(=O)Nc3cnccc3N3CCNCC3)n1)CC2. The van der Waals surface area contributed by atoms with Gasteiger partial charge in [0, 0.05) is 45.5 Å². The average molecular weight is 475 g/mol. The highest BCUT2D eigenvalue weighted by Gasteiger charge is 2.22. The smallest absolute Gasteiger partial charge is 0.274 e. The van der Waals surface area contributed by atoms with Crippen LogP contribution in [0.2, 0.25) is 0 Å². The van der Waals surface area contributed by atoms with E-state index in [1.54, 1.807) is 32.7 Å². The van der Waals surface area contributed by atoms with E-state index in [4.69, 9.17) is 14.5 Å². The highest BCUT2D eigenvalue weighted by atomic mass is 16.5. The number of hydrogen-bond acceptors (Lipinski definition) is 8. The summed E-state index contributed by atoms with van der Waals surface area (Å²) >= 11 is 0. The number of ether oxygens (including phenoxy) is 2. The lowest BCUT2D eigenvalue weighted by Crippen LogP contribution is -2.43. The summed E-state index contributed by atoms with van der Waals surface area (Å²) in [4.78, 5) is 26.5. The van der Waals surface area contributed by atoms with Crippen LogP contribution in [0.3, 0.4) is 0 Å². The van der Waals surface area contributed by atoms with Crippen molar-refractivity contribution in [3.8, 4) is 11.5 Å². The molecule has 2 aromatic heterocycles. The number of amides is 1. The van der Waals surface area contributed by atoms with E-state index in [1.807, 2.05) is 30.3 Å². The molecule has 182 valence electrons. The minimum absolute atomic E-state index is 0.250. The van der Waals surface area contributed by atoms with Gasteiger partial charge in [-0.1, -0.05) is 6.07 Å². The number of rotatable bonds is 6. The summed E-state index contributed by atoms with van der Waals surface area (Å²) < 4.78 is 10.9. The van der Waals surface area contributed by atoms with Crippen molar-refractivity contribution in [1.82, 2.24) is 15.3 Å². The van der Waals surface area contributed by atoms with Gasteiger partial charge in [-0.2, -0.15) is 0 Å². The molecule has 0 radical (unpaired) electrons. The molecule has 0 bridgehead atoms. The molecule has 5 rings (SSSR count). The number of carbonyl (C=O) groups excluding carboxylic acids is 1. The third-order valence-corrected chi connectivity index (χ3v) is 6.51. The van der Waals surface area contributed by atoms with Crippen LogP contribution in [0.5, 0.6) is 11.5 Å². The Morgan fingerprint density at radius 1 is 1.00 bits per heavy atom. The molecule has 4 heterocycles. The summed E-state index contributed by atoms with van der Waals surface area (Å²) in [6.45, 7) is 5.08. The molecule has 0 atom stereocenters. The second kappa shape index (κ2) is 10.2. The van der Waals surface area contributed by atoms with Crippen molar-refractivity contribution < 1.29 is 14.3 Å². The van der Waals surface area contributed by atoms with Crippen molar-refractivity contribution in [3.05, 3.63) is 65.6 Å². The van der Waals surface area contributed by atoms with Gasteiger partial charge in [-0.25, -0.2) is 4.98 Å². The van der Waals surface area contributed by atoms with E-state index in [1.165, 1.54) is 11.1 Å². The predicted molar refractivity (Wildman–Crippen MR) is 136 cm³/mol. The Labute approximate surface area is 205 Å². The van der Waals surface area contributed by atoms with Crippen LogP contribution >= 0.6 is 0 Å². The van der Waals surface area contributed by atoms with Crippen LogP contribution in [0.15, 0.2) is 48.8 Å². The van der Waals surface area contributed by atoms with Gasteiger partial charge in [0.25, 0.3) is 5.91 Å². The lowest BCUT2D eigenvalue weighted by atomic mass is 9.98. The fraction of sp³-hybridized carbons (Fsp3) is 0.346. The summed E-state index contributed by atoms with van der Waals surface area (Å²) in [5, 5.41) is 6.38. The first-order valence-corrected chi connectivity index (χ1v) is 11.8. The van der Waals surface area contributed by atoms with Gasteiger partial charge in [0.1, 0.15) is 11.5 Å². The maximum atomic E-state index is 13.2. The standard InChI is InChI=1S/C26H30N6O3/c1-34-23-14-18-7-11-32(17-19(18)15-24(23)35-2)25-5-3-4-20(29-25)26(33)30-21-16-28-8-6-22(21)31-12-9-27-10-13-31/h3-6,8,14-16,27H,7,9-13,17H2,1-2H3,(H,30,33). The molecule has 1 amide bonds. The quantitative estimate of drug-likeness (QED) is 0.564. The Morgan fingerprint density at radius 2 is 1.77 bits per heavy atom. The summed E-state index contributed by atoms with van der Waals surface area (Å²) in [5.41, 5.74) is 4.45. The van der Waals surface area contributed by atoms with Gasteiger partial charge in [0.15, 0.2) is 11.5 Å². The third-order valence-electron chi connectivity index (χ3n) is 6.51. The number of anilines is 3. The molecule has 1 fully saturated rings. The summed E-state index contributed by atoms with van der Waals surface area (Å²) in [5.74, 6) is 1.98. The molecule has 0 spiro atoms. The van der Waals surface area contributed by atoms with Gasteiger partial charge in [-0.05, 0) is 47.9 Å². The predicted octanol–water partition coefficient (Wildman–Crippen LogP) is 2.72. The molecular formula is C26H30N6O3. The number of methoxy groups -OCH3 is 2. The van der Waals surface area contributed by atoms with E-state index in [0.29, 0.717) is 23.7 Å². The Hall–Kier alpha value is -3.85. The summed E-state index contributed by atoms with van der Waals surface area (Å²) in [6.07, 6.45) is 4.31. The number of pyridine rings is 2. The molecule has 2 aliphatic rings. The Morgan fingerprint density at radius 3 is 2.54 bits per heavy atom. The third kappa shape index (κ3) is 4.85. The largest absolute Gasteiger partial charge is 0.493 e. The van der Waals surface area contributed by atoms with Crippen molar-refractivity contribution in [2.75, 3.05) is 62.1 Å². The lowest BCUT2D eigenvalue weighted by molar-refractivity contribution is 0.102. The van der Waals surface area contributed by atoms with Crippen LogP contribution in [0.25, 0.3) is 0 Å². The number of piperazine rings is 1. The molecule has 9 nitrogen and oxygen atoms in total. The Bertz CT molecular complexity index is 1210. The molecule has 9 heteroatoms. The number of hydrogen-bond donors (Lipinski definition) is 2. The number of benzene rings is 1. The van der Waals surface area contributed by atoms with E-state index < -0.39 is 0 Å². The fourth-order valence-electron chi connectivity index (χ4n) is 4.66. The van der Waals surface area contributed by atoms with E-state index in [0.717, 1.165) is 56.4 Å². The number of nitrogens with zero attached hydrogens (tertiary/aromatic N) is 4.